The Morgan fingerprint density at radius 2 is 2.04 bits per heavy atom. The highest BCUT2D eigenvalue weighted by molar-refractivity contribution is 6.01. The Labute approximate surface area is 155 Å². The van der Waals surface area contributed by atoms with Crippen LogP contribution in [0.1, 0.15) is 29.8 Å². The van der Waals surface area contributed by atoms with E-state index in [2.05, 4.69) is 4.98 Å². The van der Waals surface area contributed by atoms with Crippen LogP contribution in [-0.2, 0) is 16.1 Å². The summed E-state index contributed by atoms with van der Waals surface area (Å²) in [6.45, 7) is 4.06. The summed E-state index contributed by atoms with van der Waals surface area (Å²) < 4.78 is 4.86. The zero-order valence-corrected chi connectivity index (χ0v) is 15.2. The fourth-order valence-corrected chi connectivity index (χ4v) is 3.25. The van der Waals surface area contributed by atoms with Crippen LogP contribution in [0, 0.1) is 16.0 Å². The molecule has 0 spiro atoms. The van der Waals surface area contributed by atoms with E-state index in [9.17, 15) is 19.7 Å². The molecular formula is C19H19N3O5. The largest absolute Gasteiger partial charge is 0.467 e. The lowest BCUT2D eigenvalue weighted by molar-refractivity contribution is -0.385. The van der Waals surface area contributed by atoms with Crippen LogP contribution >= 0.6 is 0 Å². The van der Waals surface area contributed by atoms with Gasteiger partial charge in [-0.3, -0.25) is 14.9 Å². The van der Waals surface area contributed by atoms with Crippen molar-refractivity contribution in [3.05, 3.63) is 57.8 Å². The van der Waals surface area contributed by atoms with Crippen molar-refractivity contribution in [1.29, 1.82) is 0 Å². The fraction of sp³-hybridized carbons (Fsp3) is 0.316. The second kappa shape index (κ2) is 7.14. The zero-order valence-electron chi connectivity index (χ0n) is 15.2. The van der Waals surface area contributed by atoms with Crippen LogP contribution in [0.5, 0.6) is 0 Å². The van der Waals surface area contributed by atoms with Crippen LogP contribution in [0.15, 0.2) is 36.5 Å². The van der Waals surface area contributed by atoms with Crippen LogP contribution in [-0.4, -0.2) is 39.8 Å². The van der Waals surface area contributed by atoms with Gasteiger partial charge in [0.15, 0.2) is 0 Å². The number of rotatable bonds is 5. The quantitative estimate of drug-likeness (QED) is 0.456. The molecule has 1 aromatic carbocycles. The number of esters is 1. The second-order valence-corrected chi connectivity index (χ2v) is 6.68. The Bertz CT molecular complexity index is 908. The maximum absolute atomic E-state index is 12.9. The van der Waals surface area contributed by atoms with Crippen molar-refractivity contribution in [2.45, 2.75) is 26.4 Å². The molecule has 0 fully saturated rings. The van der Waals surface area contributed by atoms with Gasteiger partial charge in [0.2, 0.25) is 0 Å². The predicted octanol–water partition coefficient (Wildman–Crippen LogP) is 2.81. The average molecular weight is 369 g/mol. The molecule has 0 aliphatic carbocycles. The van der Waals surface area contributed by atoms with Crippen LogP contribution in [0.3, 0.4) is 0 Å². The average Bonchev–Trinajstić information content (AvgIpc) is 2.97. The Kier molecular flexibility index (Phi) is 4.89. The number of benzene rings is 1. The number of aromatic nitrogens is 1. The van der Waals surface area contributed by atoms with Gasteiger partial charge in [0.05, 0.1) is 17.7 Å². The molecule has 1 amide bonds. The molecule has 3 rings (SSSR count). The number of nitrogens with zero attached hydrogens (tertiary/aromatic N) is 3. The number of carbonyl (C=O) groups is 2. The van der Waals surface area contributed by atoms with Gasteiger partial charge < -0.3 is 9.64 Å². The van der Waals surface area contributed by atoms with Crippen molar-refractivity contribution in [1.82, 2.24) is 9.88 Å². The molecule has 1 aliphatic heterocycles. The first-order chi connectivity index (χ1) is 12.8. The van der Waals surface area contributed by atoms with Crippen molar-refractivity contribution >= 4 is 17.6 Å². The summed E-state index contributed by atoms with van der Waals surface area (Å²) in [6, 6.07) is 7.60. The lowest BCUT2D eigenvalue weighted by Crippen LogP contribution is -2.45. The molecule has 2 heterocycles. The first-order valence-corrected chi connectivity index (χ1v) is 8.46. The summed E-state index contributed by atoms with van der Waals surface area (Å²) in [4.78, 5) is 40.9. The Morgan fingerprint density at radius 1 is 1.30 bits per heavy atom. The van der Waals surface area contributed by atoms with E-state index in [4.69, 9.17) is 4.74 Å². The number of fused-ring (bicyclic) bond motifs is 1. The summed E-state index contributed by atoms with van der Waals surface area (Å²) in [5, 5.41) is 10.8. The van der Waals surface area contributed by atoms with Gasteiger partial charge in [0, 0.05) is 23.7 Å². The number of nitro groups is 1. The number of amides is 1. The smallest absolute Gasteiger partial charge is 0.328 e. The summed E-state index contributed by atoms with van der Waals surface area (Å²) in [5.74, 6) is -0.771. The molecule has 27 heavy (non-hydrogen) atoms. The zero-order chi connectivity index (χ0) is 19.7. The minimum atomic E-state index is -0.657. The van der Waals surface area contributed by atoms with Gasteiger partial charge in [-0.05, 0) is 23.6 Å². The minimum Gasteiger partial charge on any atom is -0.467 e. The summed E-state index contributed by atoms with van der Waals surface area (Å²) in [7, 11) is 1.31. The van der Waals surface area contributed by atoms with Gasteiger partial charge in [0.25, 0.3) is 11.6 Å². The molecule has 8 heteroatoms. The maximum Gasteiger partial charge on any atom is 0.328 e. The van der Waals surface area contributed by atoms with Gasteiger partial charge in [-0.1, -0.05) is 26.0 Å². The van der Waals surface area contributed by atoms with Crippen molar-refractivity contribution in [2.24, 2.45) is 5.92 Å². The molecule has 1 aromatic heterocycles. The highest BCUT2D eigenvalue weighted by Gasteiger charge is 2.38. The predicted molar refractivity (Wildman–Crippen MR) is 96.8 cm³/mol. The highest BCUT2D eigenvalue weighted by atomic mass is 16.6. The topological polar surface area (TPSA) is 103 Å². The summed E-state index contributed by atoms with van der Waals surface area (Å²) in [5.41, 5.74) is 2.43. The highest BCUT2D eigenvalue weighted by Crippen LogP contribution is 2.31. The first kappa shape index (κ1) is 18.5. The lowest BCUT2D eigenvalue weighted by Gasteiger charge is -2.28. The molecule has 0 N–H and O–H groups in total. The lowest BCUT2D eigenvalue weighted by atomic mass is 10.0. The van der Waals surface area contributed by atoms with E-state index >= 15 is 0 Å². The van der Waals surface area contributed by atoms with Crippen LogP contribution in [0.25, 0.3) is 11.3 Å². The normalized spacial score (nSPS) is 14.2. The number of hydrogen-bond donors (Lipinski definition) is 0. The van der Waals surface area contributed by atoms with Crippen LogP contribution in [0.2, 0.25) is 0 Å². The van der Waals surface area contributed by atoms with Gasteiger partial charge >= 0.3 is 5.97 Å². The third-order valence-corrected chi connectivity index (χ3v) is 4.61. The maximum atomic E-state index is 12.9. The second-order valence-electron chi connectivity index (χ2n) is 6.68. The molecule has 1 atom stereocenters. The Morgan fingerprint density at radius 3 is 2.59 bits per heavy atom. The van der Waals surface area contributed by atoms with Crippen molar-refractivity contribution in [3.63, 3.8) is 0 Å². The number of methoxy groups -OCH3 is 1. The van der Waals surface area contributed by atoms with E-state index in [1.807, 2.05) is 26.0 Å². The van der Waals surface area contributed by atoms with E-state index in [1.165, 1.54) is 24.3 Å². The van der Waals surface area contributed by atoms with Crippen LogP contribution in [0.4, 0.5) is 5.69 Å². The molecule has 8 nitrogen and oxygen atoms in total. The van der Waals surface area contributed by atoms with Gasteiger partial charge in [-0.2, -0.15) is 0 Å². The van der Waals surface area contributed by atoms with Crippen molar-refractivity contribution in [2.75, 3.05) is 7.11 Å². The van der Waals surface area contributed by atoms with E-state index < -0.39 is 16.9 Å². The minimum absolute atomic E-state index is 0.0912. The third kappa shape index (κ3) is 3.38. The SMILES string of the molecule is COC(=O)C(C(C)C)N1Cc2ccc(-c3ccc([N+](=O)[O-])cn3)cc2C1=O. The van der Waals surface area contributed by atoms with E-state index in [0.29, 0.717) is 23.4 Å². The summed E-state index contributed by atoms with van der Waals surface area (Å²) in [6.07, 6.45) is 1.18. The summed E-state index contributed by atoms with van der Waals surface area (Å²) >= 11 is 0. The molecule has 0 radical (unpaired) electrons. The molecule has 1 unspecified atom stereocenters. The van der Waals surface area contributed by atoms with Crippen LogP contribution < -0.4 is 0 Å². The molecule has 1 aliphatic rings. The Hall–Kier alpha value is -3.29. The van der Waals surface area contributed by atoms with Gasteiger partial charge in [-0.15, -0.1) is 0 Å². The molecule has 0 bridgehead atoms. The van der Waals surface area contributed by atoms with Gasteiger partial charge in [0.1, 0.15) is 12.2 Å². The Balaban J connectivity index is 1.92. The van der Waals surface area contributed by atoms with Crippen molar-refractivity contribution < 1.29 is 19.2 Å². The standard InChI is InChI=1S/C19H19N3O5/c1-11(2)17(19(24)27-3)21-10-13-5-4-12(8-15(13)18(21)23)16-7-6-14(9-20-16)22(25)26/h4-9,11,17H,10H2,1-3H3. The molecule has 2 aromatic rings. The number of hydrogen-bond acceptors (Lipinski definition) is 6. The number of carbonyl (C=O) groups excluding carboxylic acids is 2. The molecule has 0 saturated heterocycles. The molecule has 0 saturated carbocycles. The first-order valence-electron chi connectivity index (χ1n) is 8.46. The number of ether oxygens (including phenoxy) is 1. The van der Waals surface area contributed by atoms with E-state index in [-0.39, 0.29) is 17.5 Å². The fourth-order valence-electron chi connectivity index (χ4n) is 3.25. The van der Waals surface area contributed by atoms with Crippen molar-refractivity contribution in [3.8, 4) is 11.3 Å². The third-order valence-electron chi connectivity index (χ3n) is 4.61. The number of pyridine rings is 1. The molecule has 140 valence electrons. The van der Waals surface area contributed by atoms with Gasteiger partial charge in [-0.25, -0.2) is 9.78 Å². The molecular weight excluding hydrogens is 350 g/mol. The monoisotopic (exact) mass is 369 g/mol. The van der Waals surface area contributed by atoms with E-state index in [1.54, 1.807) is 12.1 Å². The van der Waals surface area contributed by atoms with E-state index in [0.717, 1.165) is 5.56 Å².